The van der Waals surface area contributed by atoms with E-state index in [0.717, 1.165) is 22.0 Å². The van der Waals surface area contributed by atoms with Gasteiger partial charge in [-0.3, -0.25) is 0 Å². The Kier molecular flexibility index (Phi) is 3.56. The van der Waals surface area contributed by atoms with E-state index in [0.29, 0.717) is 11.6 Å². The molecule has 0 saturated carbocycles. The summed E-state index contributed by atoms with van der Waals surface area (Å²) in [6, 6.07) is 17.7. The Hall–Kier alpha value is -3.40. The largest absolute Gasteiger partial charge is 0.403 e. The highest BCUT2D eigenvalue weighted by Crippen LogP contribution is 2.23. The van der Waals surface area contributed by atoms with Crippen LogP contribution < -0.4 is 0 Å². The number of rotatable bonds is 3. The molecule has 1 N–H and O–H groups in total. The van der Waals surface area contributed by atoms with E-state index in [2.05, 4.69) is 9.98 Å². The van der Waals surface area contributed by atoms with E-state index in [1.54, 1.807) is 12.2 Å². The summed E-state index contributed by atoms with van der Waals surface area (Å²) in [7, 11) is 0. The van der Waals surface area contributed by atoms with E-state index >= 15 is 0 Å². The average molecular weight is 314 g/mol. The van der Waals surface area contributed by atoms with E-state index in [-0.39, 0.29) is 0 Å². The topological polar surface area (TPSA) is 54.4 Å². The van der Waals surface area contributed by atoms with Crippen LogP contribution in [0.2, 0.25) is 0 Å². The first-order valence-electron chi connectivity index (χ1n) is 7.61. The molecule has 0 saturated heterocycles. The minimum absolute atomic E-state index is 0.299. The molecule has 0 fully saturated rings. The summed E-state index contributed by atoms with van der Waals surface area (Å²) in [5.41, 5.74) is 3.25. The number of ether oxygens (including phenoxy) is 1. The molecule has 2 heterocycles. The number of aromatic nitrogens is 1. The molecule has 1 aromatic heterocycles. The van der Waals surface area contributed by atoms with Gasteiger partial charge in [0.1, 0.15) is 0 Å². The quantitative estimate of drug-likeness (QED) is 0.582. The Labute approximate surface area is 138 Å². The third-order valence-electron chi connectivity index (χ3n) is 3.77. The van der Waals surface area contributed by atoms with Gasteiger partial charge in [-0.05, 0) is 23.8 Å². The van der Waals surface area contributed by atoms with Crippen LogP contribution in [0.5, 0.6) is 0 Å². The maximum Gasteiger partial charge on any atom is 0.363 e. The molecule has 4 rings (SSSR count). The number of carbonyl (C=O) groups is 1. The molecule has 1 aliphatic rings. The molecule has 0 unspecified atom stereocenters. The third kappa shape index (κ3) is 2.77. The molecule has 0 spiro atoms. The fourth-order valence-corrected chi connectivity index (χ4v) is 2.59. The molecule has 0 radical (unpaired) electrons. The molecule has 1 aliphatic heterocycles. The Morgan fingerprint density at radius 2 is 1.75 bits per heavy atom. The standard InChI is InChI=1S/C20H14N2O2/c23-20-18(12-15-13-21-17-9-5-4-8-16(15)17)22-19(24-20)11-10-14-6-2-1-3-7-14/h1-13,21H. The normalized spacial score (nSPS) is 16.1. The van der Waals surface area contributed by atoms with Crippen LogP contribution in [-0.2, 0) is 9.53 Å². The number of aromatic amines is 1. The number of nitrogens with one attached hydrogen (secondary N) is 1. The van der Waals surface area contributed by atoms with Crippen LogP contribution in [0.4, 0.5) is 0 Å². The van der Waals surface area contributed by atoms with Crippen molar-refractivity contribution in [1.29, 1.82) is 0 Å². The summed E-state index contributed by atoms with van der Waals surface area (Å²) in [6.07, 6.45) is 7.16. The van der Waals surface area contributed by atoms with E-state index in [1.165, 1.54) is 0 Å². The lowest BCUT2D eigenvalue weighted by Crippen LogP contribution is -2.01. The van der Waals surface area contributed by atoms with Gasteiger partial charge in [-0.15, -0.1) is 0 Å². The Balaban J connectivity index is 1.63. The lowest BCUT2D eigenvalue weighted by molar-refractivity contribution is -0.129. The van der Waals surface area contributed by atoms with E-state index < -0.39 is 5.97 Å². The average Bonchev–Trinajstić information content (AvgIpc) is 3.18. The molecule has 116 valence electrons. The van der Waals surface area contributed by atoms with Gasteiger partial charge < -0.3 is 9.72 Å². The summed E-state index contributed by atoms with van der Waals surface area (Å²) in [4.78, 5) is 19.5. The first kappa shape index (κ1) is 14.2. The van der Waals surface area contributed by atoms with E-state index in [4.69, 9.17) is 4.74 Å². The zero-order valence-electron chi connectivity index (χ0n) is 12.8. The molecule has 3 aromatic rings. The number of hydrogen-bond donors (Lipinski definition) is 1. The molecular weight excluding hydrogens is 300 g/mol. The van der Waals surface area contributed by atoms with Crippen LogP contribution in [0.1, 0.15) is 11.1 Å². The highest BCUT2D eigenvalue weighted by molar-refractivity contribution is 6.12. The zero-order valence-corrected chi connectivity index (χ0v) is 12.8. The monoisotopic (exact) mass is 314 g/mol. The van der Waals surface area contributed by atoms with Gasteiger partial charge >= 0.3 is 5.97 Å². The van der Waals surface area contributed by atoms with Crippen molar-refractivity contribution in [2.45, 2.75) is 0 Å². The van der Waals surface area contributed by atoms with Gasteiger partial charge in [0, 0.05) is 28.7 Å². The number of H-pyrrole nitrogens is 1. The first-order chi connectivity index (χ1) is 11.8. The number of benzene rings is 2. The second-order valence-electron chi connectivity index (χ2n) is 5.40. The Morgan fingerprint density at radius 1 is 0.958 bits per heavy atom. The minimum atomic E-state index is -0.437. The van der Waals surface area contributed by atoms with Crippen LogP contribution in [0.25, 0.3) is 23.1 Å². The number of aliphatic imine (C=N–C) groups is 1. The second-order valence-corrected chi connectivity index (χ2v) is 5.40. The fourth-order valence-electron chi connectivity index (χ4n) is 2.59. The highest BCUT2D eigenvalue weighted by Gasteiger charge is 2.21. The summed E-state index contributed by atoms with van der Waals surface area (Å²) in [5, 5.41) is 1.04. The minimum Gasteiger partial charge on any atom is -0.403 e. The second kappa shape index (κ2) is 6.01. The van der Waals surface area contributed by atoms with Crippen molar-refractivity contribution < 1.29 is 9.53 Å². The molecule has 0 aliphatic carbocycles. The number of cyclic esters (lactones) is 1. The molecule has 24 heavy (non-hydrogen) atoms. The maximum absolute atomic E-state index is 12.0. The molecule has 4 heteroatoms. The van der Waals surface area contributed by atoms with Crippen molar-refractivity contribution in [3.05, 3.63) is 83.7 Å². The SMILES string of the molecule is O=C1OC(C=Cc2ccccc2)=NC1=Cc1c[nH]c2ccccc12. The first-order valence-corrected chi connectivity index (χ1v) is 7.61. The van der Waals surface area contributed by atoms with Crippen molar-refractivity contribution in [3.8, 4) is 0 Å². The smallest absolute Gasteiger partial charge is 0.363 e. The third-order valence-corrected chi connectivity index (χ3v) is 3.77. The number of esters is 1. The fraction of sp³-hybridized carbons (Fsp3) is 0. The van der Waals surface area contributed by atoms with Gasteiger partial charge in [0.2, 0.25) is 5.90 Å². The van der Waals surface area contributed by atoms with E-state index in [1.807, 2.05) is 66.9 Å². The Bertz CT molecular complexity index is 995. The molecular formula is C20H14N2O2. The van der Waals surface area contributed by atoms with Crippen LogP contribution in [-0.4, -0.2) is 16.9 Å². The number of fused-ring (bicyclic) bond motifs is 1. The highest BCUT2D eigenvalue weighted by atomic mass is 16.6. The van der Waals surface area contributed by atoms with Crippen LogP contribution in [0, 0.1) is 0 Å². The summed E-state index contributed by atoms with van der Waals surface area (Å²) in [5.74, 6) is -0.136. The lowest BCUT2D eigenvalue weighted by Gasteiger charge is -1.93. The summed E-state index contributed by atoms with van der Waals surface area (Å²) in [6.45, 7) is 0. The maximum atomic E-state index is 12.0. The number of para-hydroxylation sites is 1. The van der Waals surface area contributed by atoms with Crippen molar-refractivity contribution in [3.63, 3.8) is 0 Å². The van der Waals surface area contributed by atoms with Crippen LogP contribution in [0.3, 0.4) is 0 Å². The number of carbonyl (C=O) groups excluding carboxylic acids is 1. The number of nitrogens with zero attached hydrogens (tertiary/aromatic N) is 1. The van der Waals surface area contributed by atoms with Gasteiger partial charge in [0.25, 0.3) is 0 Å². The Morgan fingerprint density at radius 3 is 2.62 bits per heavy atom. The molecule has 0 amide bonds. The zero-order chi connectivity index (χ0) is 16.4. The van der Waals surface area contributed by atoms with Gasteiger partial charge in [-0.2, -0.15) is 0 Å². The van der Waals surface area contributed by atoms with Crippen molar-refractivity contribution in [2.24, 2.45) is 4.99 Å². The van der Waals surface area contributed by atoms with Crippen molar-refractivity contribution in [2.75, 3.05) is 0 Å². The lowest BCUT2D eigenvalue weighted by atomic mass is 10.1. The molecule has 4 nitrogen and oxygen atoms in total. The molecule has 0 bridgehead atoms. The van der Waals surface area contributed by atoms with Crippen LogP contribution >= 0.6 is 0 Å². The predicted molar refractivity (Wildman–Crippen MR) is 95.3 cm³/mol. The van der Waals surface area contributed by atoms with Crippen molar-refractivity contribution >= 4 is 34.9 Å². The number of hydrogen-bond acceptors (Lipinski definition) is 3. The van der Waals surface area contributed by atoms with Gasteiger partial charge in [0.05, 0.1) is 0 Å². The predicted octanol–water partition coefficient (Wildman–Crippen LogP) is 4.18. The van der Waals surface area contributed by atoms with Crippen molar-refractivity contribution in [1.82, 2.24) is 4.98 Å². The molecule has 0 atom stereocenters. The van der Waals surface area contributed by atoms with Crippen LogP contribution in [0.15, 0.2) is 77.6 Å². The molecule has 2 aromatic carbocycles. The van der Waals surface area contributed by atoms with Gasteiger partial charge in [-0.25, -0.2) is 9.79 Å². The van der Waals surface area contributed by atoms with Gasteiger partial charge in [0.15, 0.2) is 5.70 Å². The van der Waals surface area contributed by atoms with Gasteiger partial charge in [-0.1, -0.05) is 48.5 Å². The summed E-state index contributed by atoms with van der Waals surface area (Å²) < 4.78 is 5.20. The summed E-state index contributed by atoms with van der Waals surface area (Å²) >= 11 is 0. The van der Waals surface area contributed by atoms with E-state index in [9.17, 15) is 4.79 Å².